The number of imidazole rings is 1. The molecule has 6 nitrogen and oxygen atoms in total. The minimum atomic E-state index is -1.04. The second-order valence-corrected chi connectivity index (χ2v) is 4.89. The van der Waals surface area contributed by atoms with E-state index in [0.717, 1.165) is 5.56 Å². The summed E-state index contributed by atoms with van der Waals surface area (Å²) in [4.78, 5) is 27.5. The van der Waals surface area contributed by atoms with Crippen molar-refractivity contribution in [2.45, 2.75) is 6.92 Å². The first-order chi connectivity index (χ1) is 10.5. The fraction of sp³-hybridized carbons (Fsp3) is 0.0625. The SMILES string of the molecule is Cc1cccn2cc(C(=O)Nc3cccc(C(=O)O)c3)nc12. The van der Waals surface area contributed by atoms with Crippen LogP contribution in [0.2, 0.25) is 0 Å². The van der Waals surface area contributed by atoms with Gasteiger partial charge < -0.3 is 14.8 Å². The van der Waals surface area contributed by atoms with Gasteiger partial charge in [-0.15, -0.1) is 0 Å². The molecule has 2 N–H and O–H groups in total. The summed E-state index contributed by atoms with van der Waals surface area (Å²) in [6.45, 7) is 1.92. The van der Waals surface area contributed by atoms with Crippen molar-refractivity contribution in [1.82, 2.24) is 9.38 Å². The zero-order chi connectivity index (χ0) is 15.7. The topological polar surface area (TPSA) is 83.7 Å². The number of anilines is 1. The zero-order valence-corrected chi connectivity index (χ0v) is 11.8. The first-order valence-corrected chi connectivity index (χ1v) is 6.63. The summed E-state index contributed by atoms with van der Waals surface area (Å²) < 4.78 is 1.78. The number of hydrogen-bond acceptors (Lipinski definition) is 3. The average Bonchev–Trinajstić information content (AvgIpc) is 2.93. The second kappa shape index (κ2) is 5.33. The standard InChI is InChI=1S/C16H13N3O3/c1-10-4-3-7-19-9-13(18-14(10)19)15(20)17-12-6-2-5-11(8-12)16(21)22/h2-9H,1H3,(H,17,20)(H,21,22). The molecule has 2 heterocycles. The van der Waals surface area contributed by atoms with Crippen molar-refractivity contribution in [2.24, 2.45) is 0 Å². The third kappa shape index (κ3) is 2.54. The number of hydrogen-bond donors (Lipinski definition) is 2. The Labute approximate surface area is 126 Å². The monoisotopic (exact) mass is 295 g/mol. The van der Waals surface area contributed by atoms with Gasteiger partial charge in [-0.1, -0.05) is 12.1 Å². The largest absolute Gasteiger partial charge is 0.478 e. The summed E-state index contributed by atoms with van der Waals surface area (Å²) in [7, 11) is 0. The van der Waals surface area contributed by atoms with Crippen molar-refractivity contribution in [3.05, 3.63) is 65.6 Å². The highest BCUT2D eigenvalue weighted by Crippen LogP contribution is 2.14. The number of rotatable bonds is 3. The van der Waals surface area contributed by atoms with Gasteiger partial charge in [0.1, 0.15) is 11.3 Å². The van der Waals surface area contributed by atoms with E-state index in [1.807, 2.05) is 25.3 Å². The highest BCUT2D eigenvalue weighted by atomic mass is 16.4. The van der Waals surface area contributed by atoms with Gasteiger partial charge in [0, 0.05) is 18.1 Å². The molecule has 1 aromatic carbocycles. The molecule has 1 amide bonds. The van der Waals surface area contributed by atoms with Crippen LogP contribution in [0, 0.1) is 6.92 Å². The van der Waals surface area contributed by atoms with E-state index in [0.29, 0.717) is 11.3 Å². The number of aryl methyl sites for hydroxylation is 1. The molecule has 6 heteroatoms. The minimum Gasteiger partial charge on any atom is -0.478 e. The third-order valence-corrected chi connectivity index (χ3v) is 3.28. The molecule has 0 fully saturated rings. The van der Waals surface area contributed by atoms with E-state index < -0.39 is 5.97 Å². The van der Waals surface area contributed by atoms with Gasteiger partial charge in [-0.2, -0.15) is 0 Å². The number of fused-ring (bicyclic) bond motifs is 1. The predicted molar refractivity (Wildman–Crippen MR) is 81.3 cm³/mol. The lowest BCUT2D eigenvalue weighted by molar-refractivity contribution is 0.0696. The lowest BCUT2D eigenvalue weighted by atomic mass is 10.2. The Kier molecular flexibility index (Phi) is 3.34. The molecule has 0 aliphatic carbocycles. The number of benzene rings is 1. The van der Waals surface area contributed by atoms with Gasteiger partial charge in [0.15, 0.2) is 0 Å². The Morgan fingerprint density at radius 3 is 2.77 bits per heavy atom. The van der Waals surface area contributed by atoms with E-state index in [4.69, 9.17) is 5.11 Å². The molecular weight excluding hydrogens is 282 g/mol. The molecule has 0 aliphatic rings. The van der Waals surface area contributed by atoms with Crippen LogP contribution in [0.1, 0.15) is 26.4 Å². The molecule has 0 atom stereocenters. The summed E-state index contributed by atoms with van der Waals surface area (Å²) in [5.74, 6) is -1.43. The van der Waals surface area contributed by atoms with Gasteiger partial charge in [-0.05, 0) is 36.8 Å². The second-order valence-electron chi connectivity index (χ2n) is 4.89. The maximum absolute atomic E-state index is 12.2. The first kappa shape index (κ1) is 13.8. The number of amides is 1. The average molecular weight is 295 g/mol. The maximum atomic E-state index is 12.2. The van der Waals surface area contributed by atoms with Crippen LogP contribution in [0.5, 0.6) is 0 Å². The Hall–Kier alpha value is -3.15. The van der Waals surface area contributed by atoms with Crippen LogP contribution in [0.15, 0.2) is 48.8 Å². The molecule has 0 bridgehead atoms. The molecule has 3 rings (SSSR count). The van der Waals surface area contributed by atoms with Gasteiger partial charge >= 0.3 is 5.97 Å². The van der Waals surface area contributed by atoms with Gasteiger partial charge in [0.25, 0.3) is 5.91 Å². The quantitative estimate of drug-likeness (QED) is 0.778. The van der Waals surface area contributed by atoms with E-state index in [1.165, 1.54) is 12.1 Å². The summed E-state index contributed by atoms with van der Waals surface area (Å²) in [5.41, 5.74) is 2.48. The number of nitrogens with one attached hydrogen (secondary N) is 1. The number of carbonyl (C=O) groups excluding carboxylic acids is 1. The highest BCUT2D eigenvalue weighted by Gasteiger charge is 2.12. The van der Waals surface area contributed by atoms with Gasteiger partial charge in [0.2, 0.25) is 0 Å². The number of pyridine rings is 1. The molecule has 2 aromatic heterocycles. The number of carboxylic acid groups (broad SMARTS) is 1. The molecule has 0 unspecified atom stereocenters. The molecule has 0 aliphatic heterocycles. The van der Waals surface area contributed by atoms with Crippen molar-refractivity contribution in [3.8, 4) is 0 Å². The number of aromatic nitrogens is 2. The van der Waals surface area contributed by atoms with Crippen LogP contribution in [-0.2, 0) is 0 Å². The molecule has 3 aromatic rings. The molecule has 0 radical (unpaired) electrons. The van der Waals surface area contributed by atoms with E-state index >= 15 is 0 Å². The molecule has 22 heavy (non-hydrogen) atoms. The normalized spacial score (nSPS) is 10.6. The Bertz CT molecular complexity index is 883. The highest BCUT2D eigenvalue weighted by molar-refractivity contribution is 6.03. The van der Waals surface area contributed by atoms with Crippen molar-refractivity contribution in [3.63, 3.8) is 0 Å². The van der Waals surface area contributed by atoms with Crippen molar-refractivity contribution in [1.29, 1.82) is 0 Å². The van der Waals surface area contributed by atoms with Crippen LogP contribution in [-0.4, -0.2) is 26.4 Å². The summed E-state index contributed by atoms with van der Waals surface area (Å²) in [5, 5.41) is 11.6. The molecule has 110 valence electrons. The van der Waals surface area contributed by atoms with E-state index in [9.17, 15) is 9.59 Å². The zero-order valence-electron chi connectivity index (χ0n) is 11.8. The minimum absolute atomic E-state index is 0.114. The molecule has 0 spiro atoms. The van der Waals surface area contributed by atoms with Gasteiger partial charge in [0.05, 0.1) is 5.56 Å². The summed E-state index contributed by atoms with van der Waals surface area (Å²) in [6, 6.07) is 9.87. The fourth-order valence-electron chi connectivity index (χ4n) is 2.19. The number of carboxylic acids is 1. The van der Waals surface area contributed by atoms with Crippen LogP contribution in [0.3, 0.4) is 0 Å². The van der Waals surface area contributed by atoms with Crippen molar-refractivity contribution >= 4 is 23.2 Å². The van der Waals surface area contributed by atoms with Crippen LogP contribution in [0.25, 0.3) is 5.65 Å². The summed E-state index contributed by atoms with van der Waals surface area (Å²) in [6.07, 6.45) is 3.45. The summed E-state index contributed by atoms with van der Waals surface area (Å²) >= 11 is 0. The first-order valence-electron chi connectivity index (χ1n) is 6.63. The van der Waals surface area contributed by atoms with E-state index in [-0.39, 0.29) is 17.2 Å². The fourth-order valence-corrected chi connectivity index (χ4v) is 2.19. The van der Waals surface area contributed by atoms with Crippen LogP contribution < -0.4 is 5.32 Å². The predicted octanol–water partition coefficient (Wildman–Crippen LogP) is 2.59. The van der Waals surface area contributed by atoms with Gasteiger partial charge in [-0.3, -0.25) is 4.79 Å². The lowest BCUT2D eigenvalue weighted by Gasteiger charge is -2.03. The smallest absolute Gasteiger partial charge is 0.335 e. The molecule has 0 saturated carbocycles. The van der Waals surface area contributed by atoms with Crippen molar-refractivity contribution in [2.75, 3.05) is 5.32 Å². The van der Waals surface area contributed by atoms with Crippen molar-refractivity contribution < 1.29 is 14.7 Å². The van der Waals surface area contributed by atoms with Crippen LogP contribution in [0.4, 0.5) is 5.69 Å². The molecule has 0 saturated heterocycles. The third-order valence-electron chi connectivity index (χ3n) is 3.28. The number of aromatic carboxylic acids is 1. The number of carbonyl (C=O) groups is 2. The van der Waals surface area contributed by atoms with E-state index in [1.54, 1.807) is 22.7 Å². The van der Waals surface area contributed by atoms with Gasteiger partial charge in [-0.25, -0.2) is 9.78 Å². The molecular formula is C16H13N3O3. The number of nitrogens with zero attached hydrogens (tertiary/aromatic N) is 2. The lowest BCUT2D eigenvalue weighted by Crippen LogP contribution is -2.12. The Balaban J connectivity index is 1.88. The Morgan fingerprint density at radius 2 is 2.05 bits per heavy atom. The van der Waals surface area contributed by atoms with Crippen LogP contribution >= 0.6 is 0 Å². The van der Waals surface area contributed by atoms with E-state index in [2.05, 4.69) is 10.3 Å². The Morgan fingerprint density at radius 1 is 1.23 bits per heavy atom. The maximum Gasteiger partial charge on any atom is 0.335 e.